The highest BCUT2D eigenvalue weighted by Crippen LogP contribution is 2.43. The fraction of sp³-hybridized carbons (Fsp3) is 0. The van der Waals surface area contributed by atoms with E-state index in [-0.39, 0.29) is 0 Å². The lowest BCUT2D eigenvalue weighted by Gasteiger charge is -2.28. The Morgan fingerprint density at radius 1 is 0.304 bits per heavy atom. The molecule has 1 aromatic heterocycles. The summed E-state index contributed by atoms with van der Waals surface area (Å²) in [7, 11) is 0. The molecule has 0 fully saturated rings. The second-order valence-electron chi connectivity index (χ2n) is 14.1. The van der Waals surface area contributed by atoms with Gasteiger partial charge in [0.15, 0.2) is 0 Å². The molecule has 0 unspecified atom stereocenters. The Bertz CT molecular complexity index is 2900. The van der Waals surface area contributed by atoms with Gasteiger partial charge in [-0.3, -0.25) is 0 Å². The maximum absolute atomic E-state index is 6.34. The van der Waals surface area contributed by atoms with Crippen LogP contribution < -0.4 is 4.90 Å². The Morgan fingerprint density at radius 2 is 0.786 bits per heavy atom. The first-order valence-corrected chi connectivity index (χ1v) is 19.1. The summed E-state index contributed by atoms with van der Waals surface area (Å²) in [4.78, 5) is 2.38. The summed E-state index contributed by atoms with van der Waals surface area (Å²) in [6.07, 6.45) is 0. The first-order chi connectivity index (χ1) is 27.8. The molecular weight excluding hydrogens is 679 g/mol. The summed E-state index contributed by atoms with van der Waals surface area (Å²) in [6, 6.07) is 80.0. The molecule has 0 bridgehead atoms. The fourth-order valence-corrected chi connectivity index (χ4v) is 7.93. The topological polar surface area (TPSA) is 16.4 Å². The van der Waals surface area contributed by atoms with Gasteiger partial charge in [-0.1, -0.05) is 182 Å². The molecule has 9 aromatic carbocycles. The van der Waals surface area contributed by atoms with Crippen LogP contribution in [-0.4, -0.2) is 0 Å². The SMILES string of the molecule is c1ccc(-c2ccc(-c3ccccc3N(c3ccc(-c4ccccc4-c4cc5ccccc5o4)cc3)c3ccc(-c4cccc5ccccc45)cc3)cc2)cc1. The highest BCUT2D eigenvalue weighted by Gasteiger charge is 2.19. The van der Waals surface area contributed by atoms with Crippen LogP contribution in [0.15, 0.2) is 229 Å². The van der Waals surface area contributed by atoms with E-state index >= 15 is 0 Å². The van der Waals surface area contributed by atoms with Crippen molar-refractivity contribution in [3.63, 3.8) is 0 Å². The van der Waals surface area contributed by atoms with Crippen LogP contribution in [0.5, 0.6) is 0 Å². The van der Waals surface area contributed by atoms with Gasteiger partial charge in [0.2, 0.25) is 0 Å². The zero-order valence-corrected chi connectivity index (χ0v) is 30.7. The standard InChI is InChI=1S/C54H37NO/c1-2-13-38(14-3-1)39-25-27-43(28-26-39)50-20-9-10-23-52(50)55(45-33-29-41(30-34-45)48-22-12-17-40-15-4-6-18-47(40)48)46-35-31-42(32-36-46)49-19-7-8-21-51(49)54-37-44-16-5-11-24-53(44)56-54/h1-37H. The van der Waals surface area contributed by atoms with Gasteiger partial charge in [0.25, 0.3) is 0 Å². The molecule has 264 valence electrons. The van der Waals surface area contributed by atoms with Crippen molar-refractivity contribution in [3.05, 3.63) is 224 Å². The molecule has 0 aliphatic rings. The van der Waals surface area contributed by atoms with E-state index in [9.17, 15) is 0 Å². The van der Waals surface area contributed by atoms with E-state index in [2.05, 4.69) is 211 Å². The number of hydrogen-bond donors (Lipinski definition) is 0. The van der Waals surface area contributed by atoms with Crippen molar-refractivity contribution in [1.29, 1.82) is 0 Å². The molecule has 0 saturated carbocycles. The zero-order chi connectivity index (χ0) is 37.3. The third-order valence-electron chi connectivity index (χ3n) is 10.7. The number of anilines is 3. The molecule has 0 spiro atoms. The average molecular weight is 716 g/mol. The van der Waals surface area contributed by atoms with Gasteiger partial charge in [-0.25, -0.2) is 0 Å². The smallest absolute Gasteiger partial charge is 0.136 e. The average Bonchev–Trinajstić information content (AvgIpc) is 3.72. The Hall–Kier alpha value is -7.42. The van der Waals surface area contributed by atoms with E-state index in [1.165, 1.54) is 33.0 Å². The molecule has 0 saturated heterocycles. The predicted octanol–water partition coefficient (Wildman–Crippen LogP) is 15.4. The second-order valence-corrected chi connectivity index (χ2v) is 14.1. The van der Waals surface area contributed by atoms with E-state index < -0.39 is 0 Å². The maximum atomic E-state index is 6.34. The molecule has 10 aromatic rings. The number of para-hydroxylation sites is 2. The quantitative estimate of drug-likeness (QED) is 0.156. The summed E-state index contributed by atoms with van der Waals surface area (Å²) >= 11 is 0. The van der Waals surface area contributed by atoms with E-state index in [0.29, 0.717) is 0 Å². The Labute approximate surface area is 327 Å². The van der Waals surface area contributed by atoms with E-state index in [0.717, 1.165) is 61.6 Å². The van der Waals surface area contributed by atoms with Gasteiger partial charge < -0.3 is 9.32 Å². The number of hydrogen-bond acceptors (Lipinski definition) is 2. The minimum Gasteiger partial charge on any atom is -0.456 e. The van der Waals surface area contributed by atoms with Crippen LogP contribution in [0.1, 0.15) is 0 Å². The zero-order valence-electron chi connectivity index (χ0n) is 30.7. The Kier molecular flexibility index (Phi) is 8.55. The van der Waals surface area contributed by atoms with Crippen LogP contribution in [0.2, 0.25) is 0 Å². The third-order valence-corrected chi connectivity index (χ3v) is 10.7. The summed E-state index contributed by atoms with van der Waals surface area (Å²) in [5, 5.41) is 3.59. The van der Waals surface area contributed by atoms with Crippen molar-refractivity contribution in [2.45, 2.75) is 0 Å². The van der Waals surface area contributed by atoms with Crippen molar-refractivity contribution in [1.82, 2.24) is 0 Å². The van der Waals surface area contributed by atoms with Gasteiger partial charge in [-0.15, -0.1) is 0 Å². The molecule has 2 heteroatoms. The van der Waals surface area contributed by atoms with Crippen LogP contribution in [0.3, 0.4) is 0 Å². The minimum atomic E-state index is 0.867. The highest BCUT2D eigenvalue weighted by atomic mass is 16.3. The Morgan fingerprint density at radius 3 is 1.52 bits per heavy atom. The second kappa shape index (κ2) is 14.4. The fourth-order valence-electron chi connectivity index (χ4n) is 7.93. The van der Waals surface area contributed by atoms with Crippen LogP contribution >= 0.6 is 0 Å². The van der Waals surface area contributed by atoms with E-state index in [1.807, 2.05) is 18.2 Å². The van der Waals surface area contributed by atoms with Crippen molar-refractivity contribution in [2.75, 3.05) is 4.90 Å². The summed E-state index contributed by atoms with van der Waals surface area (Å²) in [5.74, 6) is 0.867. The molecular formula is C54H37NO. The monoisotopic (exact) mass is 715 g/mol. The lowest BCUT2D eigenvalue weighted by Crippen LogP contribution is -2.11. The number of furan rings is 1. The molecule has 0 N–H and O–H groups in total. The number of rotatable bonds is 8. The first-order valence-electron chi connectivity index (χ1n) is 19.1. The minimum absolute atomic E-state index is 0.867. The third kappa shape index (κ3) is 6.24. The summed E-state index contributed by atoms with van der Waals surface area (Å²) < 4.78 is 6.34. The first kappa shape index (κ1) is 33.2. The van der Waals surface area contributed by atoms with Crippen molar-refractivity contribution in [3.8, 4) is 55.8 Å². The molecule has 0 atom stereocenters. The number of benzene rings is 9. The van der Waals surface area contributed by atoms with Gasteiger partial charge in [0, 0.05) is 27.9 Å². The molecule has 0 amide bonds. The molecule has 1 heterocycles. The lowest BCUT2D eigenvalue weighted by atomic mass is 9.96. The lowest BCUT2D eigenvalue weighted by molar-refractivity contribution is 0.632. The largest absolute Gasteiger partial charge is 0.456 e. The van der Waals surface area contributed by atoms with Crippen molar-refractivity contribution in [2.24, 2.45) is 0 Å². The summed E-state index contributed by atoms with van der Waals surface area (Å²) in [5.41, 5.74) is 14.6. The van der Waals surface area contributed by atoms with Gasteiger partial charge in [-0.2, -0.15) is 0 Å². The van der Waals surface area contributed by atoms with Crippen LogP contribution in [0.4, 0.5) is 17.1 Å². The van der Waals surface area contributed by atoms with E-state index in [1.54, 1.807) is 0 Å². The van der Waals surface area contributed by atoms with Crippen molar-refractivity contribution < 1.29 is 4.42 Å². The molecule has 2 nitrogen and oxygen atoms in total. The van der Waals surface area contributed by atoms with E-state index in [4.69, 9.17) is 4.42 Å². The molecule has 0 aliphatic heterocycles. The van der Waals surface area contributed by atoms with Crippen molar-refractivity contribution >= 4 is 38.8 Å². The molecule has 56 heavy (non-hydrogen) atoms. The van der Waals surface area contributed by atoms with Crippen LogP contribution in [0.25, 0.3) is 77.6 Å². The highest BCUT2D eigenvalue weighted by molar-refractivity contribution is 5.97. The van der Waals surface area contributed by atoms with Gasteiger partial charge in [-0.05, 0) is 92.2 Å². The van der Waals surface area contributed by atoms with Crippen LogP contribution in [0, 0.1) is 0 Å². The molecule has 10 rings (SSSR count). The number of nitrogens with zero attached hydrogens (tertiary/aromatic N) is 1. The Balaban J connectivity index is 1.07. The molecule has 0 aliphatic carbocycles. The summed E-state index contributed by atoms with van der Waals surface area (Å²) in [6.45, 7) is 0. The van der Waals surface area contributed by atoms with Gasteiger partial charge >= 0.3 is 0 Å². The maximum Gasteiger partial charge on any atom is 0.136 e. The van der Waals surface area contributed by atoms with Crippen LogP contribution in [-0.2, 0) is 0 Å². The number of fused-ring (bicyclic) bond motifs is 2. The predicted molar refractivity (Wildman–Crippen MR) is 236 cm³/mol. The normalized spacial score (nSPS) is 11.2. The van der Waals surface area contributed by atoms with Gasteiger partial charge in [0.05, 0.1) is 5.69 Å². The van der Waals surface area contributed by atoms with Gasteiger partial charge in [0.1, 0.15) is 11.3 Å². The molecule has 0 radical (unpaired) electrons.